The van der Waals surface area contributed by atoms with Gasteiger partial charge in [0.2, 0.25) is 11.8 Å². The van der Waals surface area contributed by atoms with E-state index in [4.69, 9.17) is 23.2 Å². The molecule has 2 amide bonds. The van der Waals surface area contributed by atoms with Crippen LogP contribution in [-0.2, 0) is 26.2 Å². The van der Waals surface area contributed by atoms with E-state index in [2.05, 4.69) is 5.32 Å². The van der Waals surface area contributed by atoms with Crippen LogP contribution in [0.15, 0.2) is 71.6 Å². The molecule has 0 aliphatic heterocycles. The van der Waals surface area contributed by atoms with E-state index in [9.17, 15) is 18.0 Å². The molecule has 1 atom stereocenters. The molecular weight excluding hydrogens is 557 g/mol. The Morgan fingerprint density at radius 3 is 2.21 bits per heavy atom. The molecule has 0 spiro atoms. The number of halogens is 2. The Morgan fingerprint density at radius 2 is 1.59 bits per heavy atom. The smallest absolute Gasteiger partial charge is 0.264 e. The summed E-state index contributed by atoms with van der Waals surface area (Å²) in [6.45, 7) is 7.33. The summed E-state index contributed by atoms with van der Waals surface area (Å²) in [6, 6.07) is 17.7. The molecule has 0 aliphatic rings. The fourth-order valence-corrected chi connectivity index (χ4v) is 6.13. The molecule has 208 valence electrons. The highest BCUT2D eigenvalue weighted by molar-refractivity contribution is 7.92. The van der Waals surface area contributed by atoms with Crippen LogP contribution >= 0.6 is 23.2 Å². The molecule has 0 heterocycles. The van der Waals surface area contributed by atoms with Crippen LogP contribution in [0.25, 0.3) is 0 Å². The number of sulfonamides is 1. The van der Waals surface area contributed by atoms with Crippen molar-refractivity contribution in [1.82, 2.24) is 10.2 Å². The van der Waals surface area contributed by atoms with E-state index >= 15 is 0 Å². The third-order valence-corrected chi connectivity index (χ3v) is 8.84. The number of rotatable bonds is 11. The van der Waals surface area contributed by atoms with Crippen LogP contribution in [0.3, 0.4) is 0 Å². The summed E-state index contributed by atoms with van der Waals surface area (Å²) in [5, 5.41) is 2.94. The number of carbonyl (C=O) groups is 2. The Labute approximate surface area is 240 Å². The van der Waals surface area contributed by atoms with Gasteiger partial charge in [0.05, 0.1) is 20.6 Å². The summed E-state index contributed by atoms with van der Waals surface area (Å²) in [5.41, 5.74) is 2.77. The number of nitrogens with zero attached hydrogens (tertiary/aromatic N) is 2. The predicted molar refractivity (Wildman–Crippen MR) is 157 cm³/mol. The molecule has 39 heavy (non-hydrogen) atoms. The second kappa shape index (κ2) is 13.3. The van der Waals surface area contributed by atoms with Crippen molar-refractivity contribution in [1.29, 1.82) is 0 Å². The van der Waals surface area contributed by atoms with Gasteiger partial charge in [0.1, 0.15) is 12.6 Å². The number of hydrogen-bond acceptors (Lipinski definition) is 4. The summed E-state index contributed by atoms with van der Waals surface area (Å²) >= 11 is 12.7. The molecule has 3 aromatic rings. The maximum Gasteiger partial charge on any atom is 0.264 e. The second-order valence-electron chi connectivity index (χ2n) is 9.23. The number of benzene rings is 3. The number of hydrogen-bond donors (Lipinski definition) is 1. The van der Waals surface area contributed by atoms with Crippen molar-refractivity contribution in [3.05, 3.63) is 93.5 Å². The quantitative estimate of drug-likeness (QED) is 0.308. The van der Waals surface area contributed by atoms with E-state index in [0.29, 0.717) is 13.0 Å². The number of nitrogens with one attached hydrogen (secondary N) is 1. The molecule has 0 saturated carbocycles. The van der Waals surface area contributed by atoms with Gasteiger partial charge >= 0.3 is 0 Å². The molecule has 0 fully saturated rings. The fourth-order valence-electron chi connectivity index (χ4n) is 4.25. The van der Waals surface area contributed by atoms with E-state index in [0.717, 1.165) is 21.0 Å². The number of carbonyl (C=O) groups excluding carboxylic acids is 2. The highest BCUT2D eigenvalue weighted by Crippen LogP contribution is 2.35. The van der Waals surface area contributed by atoms with Crippen LogP contribution in [0.2, 0.25) is 10.0 Å². The van der Waals surface area contributed by atoms with Gasteiger partial charge in [-0.1, -0.05) is 83.7 Å². The number of amides is 2. The molecule has 0 bridgehead atoms. The zero-order chi connectivity index (χ0) is 28.7. The fraction of sp³-hybridized carbons (Fsp3) is 0.310. The van der Waals surface area contributed by atoms with Gasteiger partial charge in [-0.2, -0.15) is 0 Å². The van der Waals surface area contributed by atoms with Crippen molar-refractivity contribution in [2.45, 2.75) is 51.6 Å². The van der Waals surface area contributed by atoms with Crippen LogP contribution in [0.1, 0.15) is 37.0 Å². The first kappa shape index (κ1) is 30.5. The van der Waals surface area contributed by atoms with E-state index in [1.54, 1.807) is 25.1 Å². The van der Waals surface area contributed by atoms with Gasteiger partial charge in [0.25, 0.3) is 10.0 Å². The van der Waals surface area contributed by atoms with Gasteiger partial charge in [0.15, 0.2) is 0 Å². The monoisotopic (exact) mass is 589 g/mol. The standard InChI is InChI=1S/C29H33Cl2N3O4S/c1-5-25(29(36)32-6-2)33(18-22-10-7-9-21(4)17-22)27(35)19-34(26-12-8-11-24(30)28(26)31)39(37,38)23-15-13-20(3)14-16-23/h7-17,25H,5-6,18-19H2,1-4H3,(H,32,36)/t25-/m1/s1. The largest absolute Gasteiger partial charge is 0.355 e. The first-order chi connectivity index (χ1) is 18.5. The zero-order valence-corrected chi connectivity index (χ0v) is 24.8. The minimum atomic E-state index is -4.24. The molecule has 0 aromatic heterocycles. The third kappa shape index (κ3) is 7.32. The average Bonchev–Trinajstić information content (AvgIpc) is 2.89. The van der Waals surface area contributed by atoms with Crippen molar-refractivity contribution >= 4 is 50.7 Å². The summed E-state index contributed by atoms with van der Waals surface area (Å²) in [7, 11) is -4.24. The van der Waals surface area contributed by atoms with E-state index in [-0.39, 0.29) is 33.1 Å². The van der Waals surface area contributed by atoms with Crippen LogP contribution in [0, 0.1) is 13.8 Å². The van der Waals surface area contributed by atoms with E-state index < -0.39 is 28.5 Å². The molecule has 1 N–H and O–H groups in total. The van der Waals surface area contributed by atoms with Crippen molar-refractivity contribution in [2.24, 2.45) is 0 Å². The number of likely N-dealkylation sites (N-methyl/N-ethyl adjacent to an activating group) is 1. The molecule has 0 aliphatic carbocycles. The summed E-state index contributed by atoms with van der Waals surface area (Å²) in [5.74, 6) is -0.865. The summed E-state index contributed by atoms with van der Waals surface area (Å²) in [4.78, 5) is 28.4. The van der Waals surface area contributed by atoms with Crippen molar-refractivity contribution in [3.63, 3.8) is 0 Å². The van der Waals surface area contributed by atoms with E-state index in [1.807, 2.05) is 45.0 Å². The minimum absolute atomic E-state index is 0.00190. The second-order valence-corrected chi connectivity index (χ2v) is 11.9. The Bertz CT molecular complexity index is 1430. The lowest BCUT2D eigenvalue weighted by Crippen LogP contribution is -2.52. The average molecular weight is 591 g/mol. The van der Waals surface area contributed by atoms with Gasteiger partial charge in [-0.05, 0) is 57.0 Å². The van der Waals surface area contributed by atoms with Crippen LogP contribution in [-0.4, -0.2) is 44.3 Å². The van der Waals surface area contributed by atoms with Crippen LogP contribution < -0.4 is 9.62 Å². The molecule has 0 unspecified atom stereocenters. The Balaban J connectivity index is 2.11. The Morgan fingerprint density at radius 1 is 0.923 bits per heavy atom. The van der Waals surface area contributed by atoms with Crippen LogP contribution in [0.4, 0.5) is 5.69 Å². The van der Waals surface area contributed by atoms with Crippen molar-refractivity contribution < 1.29 is 18.0 Å². The summed E-state index contributed by atoms with van der Waals surface area (Å²) in [6.07, 6.45) is 0.339. The van der Waals surface area contributed by atoms with Crippen molar-refractivity contribution in [2.75, 3.05) is 17.4 Å². The molecular formula is C29H33Cl2N3O4S. The maximum absolute atomic E-state index is 14.0. The van der Waals surface area contributed by atoms with Crippen LogP contribution in [0.5, 0.6) is 0 Å². The van der Waals surface area contributed by atoms with Gasteiger partial charge in [-0.25, -0.2) is 8.42 Å². The summed E-state index contributed by atoms with van der Waals surface area (Å²) < 4.78 is 28.8. The first-order valence-corrected chi connectivity index (χ1v) is 14.8. The number of aryl methyl sites for hydroxylation is 2. The molecule has 0 saturated heterocycles. The zero-order valence-electron chi connectivity index (χ0n) is 22.4. The molecule has 7 nitrogen and oxygen atoms in total. The van der Waals surface area contributed by atoms with Gasteiger partial charge in [0, 0.05) is 13.1 Å². The highest BCUT2D eigenvalue weighted by atomic mass is 35.5. The molecule has 3 rings (SSSR count). The normalized spacial score (nSPS) is 12.1. The Kier molecular flexibility index (Phi) is 10.4. The van der Waals surface area contributed by atoms with Gasteiger partial charge in [-0.15, -0.1) is 0 Å². The molecule has 3 aromatic carbocycles. The lowest BCUT2D eigenvalue weighted by atomic mass is 10.1. The van der Waals surface area contributed by atoms with Crippen molar-refractivity contribution in [3.8, 4) is 0 Å². The lowest BCUT2D eigenvalue weighted by molar-refractivity contribution is -0.140. The maximum atomic E-state index is 14.0. The van der Waals surface area contributed by atoms with Gasteiger partial charge < -0.3 is 10.2 Å². The Hall–Kier alpha value is -3.07. The molecule has 0 radical (unpaired) electrons. The number of anilines is 1. The topological polar surface area (TPSA) is 86.8 Å². The first-order valence-electron chi connectivity index (χ1n) is 12.7. The predicted octanol–water partition coefficient (Wildman–Crippen LogP) is 5.75. The minimum Gasteiger partial charge on any atom is -0.355 e. The SMILES string of the molecule is CCNC(=O)[C@@H](CC)N(Cc1cccc(C)c1)C(=O)CN(c1cccc(Cl)c1Cl)S(=O)(=O)c1ccc(C)cc1. The molecule has 10 heteroatoms. The highest BCUT2D eigenvalue weighted by Gasteiger charge is 2.34. The van der Waals surface area contributed by atoms with E-state index in [1.165, 1.54) is 29.2 Å². The third-order valence-electron chi connectivity index (χ3n) is 6.26. The lowest BCUT2D eigenvalue weighted by Gasteiger charge is -2.33. The van der Waals surface area contributed by atoms with Gasteiger partial charge in [-0.3, -0.25) is 13.9 Å².